The van der Waals surface area contributed by atoms with Crippen molar-refractivity contribution in [1.82, 2.24) is 0 Å². The normalized spacial score (nSPS) is 12.1. The highest BCUT2D eigenvalue weighted by Gasteiger charge is 2.12. The summed E-state index contributed by atoms with van der Waals surface area (Å²) in [6, 6.07) is 16.5. The quantitative estimate of drug-likeness (QED) is 0.432. The van der Waals surface area contributed by atoms with E-state index in [9.17, 15) is 9.90 Å². The van der Waals surface area contributed by atoms with Crippen molar-refractivity contribution in [3.63, 3.8) is 0 Å². The molecule has 2 rings (SSSR count). The van der Waals surface area contributed by atoms with Gasteiger partial charge in [-0.1, -0.05) is 30.3 Å². The predicted molar refractivity (Wildman–Crippen MR) is 101 cm³/mol. The van der Waals surface area contributed by atoms with Crippen LogP contribution in [0.4, 0.5) is 11.4 Å². The van der Waals surface area contributed by atoms with Crippen LogP contribution in [0.15, 0.2) is 70.5 Å². The molecule has 25 heavy (non-hydrogen) atoms. The molecule has 0 heterocycles. The average Bonchev–Trinajstić information content (AvgIpc) is 2.64. The highest BCUT2D eigenvalue weighted by Crippen LogP contribution is 2.23. The number of Topliss-reactive ketones (excluding diaryl/α,β-unsaturated/α-hetero) is 1. The van der Waals surface area contributed by atoms with Crippen LogP contribution in [-0.4, -0.2) is 24.0 Å². The van der Waals surface area contributed by atoms with Crippen molar-refractivity contribution >= 4 is 22.9 Å². The van der Waals surface area contributed by atoms with Gasteiger partial charge in [-0.05, 0) is 38.1 Å². The number of aliphatic hydroxyl groups is 1. The molecule has 0 amide bonds. The molecule has 0 aliphatic heterocycles. The van der Waals surface area contributed by atoms with Gasteiger partial charge in [-0.2, -0.15) is 5.11 Å². The van der Waals surface area contributed by atoms with Gasteiger partial charge in [0.15, 0.2) is 17.2 Å². The second-order valence-electron chi connectivity index (χ2n) is 5.51. The summed E-state index contributed by atoms with van der Waals surface area (Å²) in [5.74, 6) is -0.513. The van der Waals surface area contributed by atoms with Crippen molar-refractivity contribution in [2.45, 2.75) is 20.8 Å². The smallest absolute Gasteiger partial charge is 0.183 e. The molecular weight excluding hydrogens is 314 g/mol. The van der Waals surface area contributed by atoms with Gasteiger partial charge >= 0.3 is 0 Å². The highest BCUT2D eigenvalue weighted by atomic mass is 16.3. The minimum atomic E-state index is -0.343. The molecule has 5 nitrogen and oxygen atoms in total. The lowest BCUT2D eigenvalue weighted by atomic mass is 10.1. The number of carbonyl (C=O) groups excluding carboxylic acids is 1. The standard InChI is InChI=1S/C20H23N3O2/c1-4-23(5-2)18-13-11-17(12-14-18)21-22-19(15(3)24)20(25)16-9-7-6-8-10-16/h6-14,25H,4-5H2,1-3H3. The van der Waals surface area contributed by atoms with E-state index < -0.39 is 0 Å². The Kier molecular flexibility index (Phi) is 6.46. The van der Waals surface area contributed by atoms with Gasteiger partial charge in [0.25, 0.3) is 0 Å². The van der Waals surface area contributed by atoms with E-state index in [0.717, 1.165) is 18.8 Å². The van der Waals surface area contributed by atoms with Crippen LogP contribution in [0.3, 0.4) is 0 Å². The first-order valence-corrected chi connectivity index (χ1v) is 8.33. The summed E-state index contributed by atoms with van der Waals surface area (Å²) in [6.45, 7) is 7.43. The fourth-order valence-corrected chi connectivity index (χ4v) is 2.44. The van der Waals surface area contributed by atoms with E-state index >= 15 is 0 Å². The minimum absolute atomic E-state index is 0.0565. The van der Waals surface area contributed by atoms with Gasteiger partial charge in [0, 0.05) is 31.3 Å². The molecule has 2 aromatic rings. The van der Waals surface area contributed by atoms with Gasteiger partial charge < -0.3 is 10.0 Å². The van der Waals surface area contributed by atoms with Crippen LogP contribution < -0.4 is 4.90 Å². The van der Waals surface area contributed by atoms with Gasteiger partial charge in [0.2, 0.25) is 0 Å². The third-order valence-electron chi connectivity index (χ3n) is 3.85. The Bertz CT molecular complexity index is 761. The number of azo groups is 1. The van der Waals surface area contributed by atoms with Crippen LogP contribution in [0.5, 0.6) is 0 Å². The van der Waals surface area contributed by atoms with Gasteiger partial charge in [-0.15, -0.1) is 5.11 Å². The molecular formula is C20H23N3O2. The number of hydrogen-bond acceptors (Lipinski definition) is 5. The van der Waals surface area contributed by atoms with Crippen LogP contribution in [0.2, 0.25) is 0 Å². The Hall–Kier alpha value is -2.95. The summed E-state index contributed by atoms with van der Waals surface area (Å²) in [7, 11) is 0. The van der Waals surface area contributed by atoms with Gasteiger partial charge in [-0.25, -0.2) is 0 Å². The van der Waals surface area contributed by atoms with Crippen molar-refractivity contribution in [3.8, 4) is 0 Å². The summed E-state index contributed by atoms with van der Waals surface area (Å²) >= 11 is 0. The van der Waals surface area contributed by atoms with E-state index in [1.165, 1.54) is 6.92 Å². The Morgan fingerprint density at radius 2 is 1.60 bits per heavy atom. The fourth-order valence-electron chi connectivity index (χ4n) is 2.44. The summed E-state index contributed by atoms with van der Waals surface area (Å²) in [4.78, 5) is 14.0. The van der Waals surface area contributed by atoms with Crippen LogP contribution in [0.25, 0.3) is 5.76 Å². The third-order valence-corrected chi connectivity index (χ3v) is 3.85. The molecule has 0 saturated carbocycles. The number of benzene rings is 2. The summed E-state index contributed by atoms with van der Waals surface area (Å²) in [5, 5.41) is 18.4. The van der Waals surface area contributed by atoms with Crippen LogP contribution >= 0.6 is 0 Å². The van der Waals surface area contributed by atoms with Crippen LogP contribution in [0, 0.1) is 0 Å². The Balaban J connectivity index is 2.27. The SMILES string of the molecule is CCN(CC)c1ccc(N=NC(C(C)=O)=C(O)c2ccccc2)cc1. The Morgan fingerprint density at radius 1 is 1.00 bits per heavy atom. The molecule has 0 radical (unpaired) electrons. The number of nitrogens with zero attached hydrogens (tertiary/aromatic N) is 3. The molecule has 5 heteroatoms. The maximum atomic E-state index is 11.8. The largest absolute Gasteiger partial charge is 0.505 e. The molecule has 0 spiro atoms. The summed E-state index contributed by atoms with van der Waals surface area (Å²) in [5.41, 5.74) is 2.21. The van der Waals surface area contributed by atoms with Crippen molar-refractivity contribution in [1.29, 1.82) is 0 Å². The topological polar surface area (TPSA) is 65.3 Å². The highest BCUT2D eigenvalue weighted by molar-refractivity contribution is 5.99. The predicted octanol–water partition coefficient (Wildman–Crippen LogP) is 5.13. The lowest BCUT2D eigenvalue weighted by Gasteiger charge is -2.20. The monoisotopic (exact) mass is 337 g/mol. The first kappa shape index (κ1) is 18.4. The molecule has 2 aromatic carbocycles. The van der Waals surface area contributed by atoms with Crippen LogP contribution in [0.1, 0.15) is 26.3 Å². The number of hydrogen-bond donors (Lipinski definition) is 1. The molecule has 0 aliphatic rings. The second kappa shape index (κ2) is 8.78. The molecule has 0 aromatic heterocycles. The molecule has 0 unspecified atom stereocenters. The van der Waals surface area contributed by atoms with E-state index in [4.69, 9.17) is 0 Å². The molecule has 0 atom stereocenters. The Labute approximate surface area is 148 Å². The Morgan fingerprint density at radius 3 is 2.12 bits per heavy atom. The molecule has 0 aliphatic carbocycles. The van der Waals surface area contributed by atoms with E-state index in [0.29, 0.717) is 11.3 Å². The van der Waals surface area contributed by atoms with Crippen molar-refractivity contribution < 1.29 is 9.90 Å². The third kappa shape index (κ3) is 4.76. The first-order chi connectivity index (χ1) is 12.1. The van der Waals surface area contributed by atoms with E-state index in [2.05, 4.69) is 29.0 Å². The lowest BCUT2D eigenvalue weighted by molar-refractivity contribution is -0.113. The zero-order chi connectivity index (χ0) is 18.2. The molecule has 130 valence electrons. The molecule has 1 N–H and O–H groups in total. The number of rotatable bonds is 7. The van der Waals surface area contributed by atoms with Crippen molar-refractivity contribution in [2.24, 2.45) is 10.2 Å². The van der Waals surface area contributed by atoms with Gasteiger partial charge in [0.05, 0.1) is 5.69 Å². The molecule has 0 bridgehead atoms. The number of allylic oxidation sites excluding steroid dienone is 1. The van der Waals surface area contributed by atoms with E-state index in [-0.39, 0.29) is 17.2 Å². The van der Waals surface area contributed by atoms with Crippen molar-refractivity contribution in [2.75, 3.05) is 18.0 Å². The fraction of sp³-hybridized carbons (Fsp3) is 0.250. The summed E-state index contributed by atoms with van der Waals surface area (Å²) in [6.07, 6.45) is 0. The van der Waals surface area contributed by atoms with Crippen LogP contribution in [-0.2, 0) is 4.79 Å². The van der Waals surface area contributed by atoms with Gasteiger partial charge in [-0.3, -0.25) is 4.79 Å². The first-order valence-electron chi connectivity index (χ1n) is 8.33. The number of carbonyl (C=O) groups is 1. The average molecular weight is 337 g/mol. The van der Waals surface area contributed by atoms with E-state index in [1.807, 2.05) is 30.3 Å². The zero-order valence-electron chi connectivity index (χ0n) is 14.8. The molecule has 0 saturated heterocycles. The summed E-state index contributed by atoms with van der Waals surface area (Å²) < 4.78 is 0. The number of aliphatic hydroxyl groups excluding tert-OH is 1. The van der Waals surface area contributed by atoms with Gasteiger partial charge in [0.1, 0.15) is 0 Å². The number of ketones is 1. The van der Waals surface area contributed by atoms with E-state index in [1.54, 1.807) is 24.3 Å². The second-order valence-corrected chi connectivity index (χ2v) is 5.51. The maximum absolute atomic E-state index is 11.8. The maximum Gasteiger partial charge on any atom is 0.183 e. The zero-order valence-corrected chi connectivity index (χ0v) is 14.8. The minimum Gasteiger partial charge on any atom is -0.505 e. The molecule has 0 fully saturated rings. The number of anilines is 1. The van der Waals surface area contributed by atoms with Crippen molar-refractivity contribution in [3.05, 3.63) is 65.9 Å². The lowest BCUT2D eigenvalue weighted by Crippen LogP contribution is -2.21.